The van der Waals surface area contributed by atoms with Crippen LogP contribution in [-0.4, -0.2) is 11.2 Å². The molecule has 0 aliphatic rings. The van der Waals surface area contributed by atoms with Crippen LogP contribution in [-0.2, 0) is 0 Å². The van der Waals surface area contributed by atoms with Gasteiger partial charge in [-0.1, -0.05) is 11.6 Å². The molecule has 0 atom stereocenters. The van der Waals surface area contributed by atoms with Crippen LogP contribution in [0.4, 0.5) is 13.2 Å². The zero-order chi connectivity index (χ0) is 9.90. The number of hydrogen-bond acceptors (Lipinski definition) is 1. The van der Waals surface area contributed by atoms with Gasteiger partial charge in [0.2, 0.25) is 0 Å². The molecule has 0 N–H and O–H groups in total. The number of hydrogen-bond donors (Lipinski definition) is 0. The summed E-state index contributed by atoms with van der Waals surface area (Å²) in [5.41, 5.74) is 0.324. The lowest BCUT2D eigenvalue weighted by atomic mass is 10.2. The third-order valence-corrected chi connectivity index (χ3v) is 1.40. The molecule has 0 aliphatic carbocycles. The molecule has 70 valence electrons. The highest BCUT2D eigenvalue weighted by atomic mass is 35.5. The molecular formula is C8H5ClF3N. The van der Waals surface area contributed by atoms with Crippen LogP contribution in [0.15, 0.2) is 24.5 Å². The first-order chi connectivity index (χ1) is 5.97. The van der Waals surface area contributed by atoms with Crippen LogP contribution < -0.4 is 0 Å². The Kier molecular flexibility index (Phi) is 2.93. The lowest BCUT2D eigenvalue weighted by Gasteiger charge is -1.97. The molecule has 0 aliphatic heterocycles. The third kappa shape index (κ3) is 3.94. The highest BCUT2D eigenvalue weighted by Crippen LogP contribution is 2.18. The summed E-state index contributed by atoms with van der Waals surface area (Å²) in [6, 6.07) is 1.40. The first kappa shape index (κ1) is 10.1. The van der Waals surface area contributed by atoms with Crippen LogP contribution in [0.5, 0.6) is 0 Å². The van der Waals surface area contributed by atoms with Gasteiger partial charge in [0.25, 0.3) is 0 Å². The molecular weight excluding hydrogens is 203 g/mol. The number of allylic oxidation sites excluding steroid dienone is 1. The van der Waals surface area contributed by atoms with Gasteiger partial charge < -0.3 is 0 Å². The van der Waals surface area contributed by atoms with Gasteiger partial charge in [0, 0.05) is 18.5 Å². The van der Waals surface area contributed by atoms with E-state index in [1.807, 2.05) is 0 Å². The molecule has 13 heavy (non-hydrogen) atoms. The van der Waals surface area contributed by atoms with Gasteiger partial charge in [0.15, 0.2) is 0 Å². The fourth-order valence-corrected chi connectivity index (χ4v) is 0.892. The molecule has 1 aromatic heterocycles. The van der Waals surface area contributed by atoms with E-state index in [-0.39, 0.29) is 6.08 Å². The summed E-state index contributed by atoms with van der Waals surface area (Å²) in [5, 5.41) is 0.310. The van der Waals surface area contributed by atoms with Crippen LogP contribution in [0.1, 0.15) is 5.56 Å². The molecule has 0 radical (unpaired) electrons. The number of halogens is 4. The summed E-state index contributed by atoms with van der Waals surface area (Å²) in [6.45, 7) is 0. The largest absolute Gasteiger partial charge is 0.409 e. The first-order valence-electron chi connectivity index (χ1n) is 3.34. The quantitative estimate of drug-likeness (QED) is 0.689. The average molecular weight is 208 g/mol. The van der Waals surface area contributed by atoms with Crippen LogP contribution in [0.3, 0.4) is 0 Å². The van der Waals surface area contributed by atoms with Gasteiger partial charge in [-0.15, -0.1) is 0 Å². The summed E-state index contributed by atoms with van der Waals surface area (Å²) in [5.74, 6) is 0. The van der Waals surface area contributed by atoms with Gasteiger partial charge in [-0.05, 0) is 17.7 Å². The molecule has 0 aromatic carbocycles. The standard InChI is InChI=1S/C8H5ClF3N/c9-7-3-6(4-13-5-7)1-2-8(10,11)12/h1-5H/b2-1+. The summed E-state index contributed by atoms with van der Waals surface area (Å²) in [7, 11) is 0. The zero-order valence-corrected chi connectivity index (χ0v) is 7.10. The van der Waals surface area contributed by atoms with Crippen molar-refractivity contribution in [3.05, 3.63) is 35.1 Å². The maximum atomic E-state index is 11.7. The second-order valence-corrected chi connectivity index (χ2v) is 2.75. The maximum Gasteiger partial charge on any atom is 0.409 e. The highest BCUT2D eigenvalue weighted by Gasteiger charge is 2.21. The lowest BCUT2D eigenvalue weighted by Crippen LogP contribution is -2.00. The second kappa shape index (κ2) is 3.79. The van der Waals surface area contributed by atoms with Crippen LogP contribution in [0, 0.1) is 0 Å². The van der Waals surface area contributed by atoms with Crippen LogP contribution in [0.25, 0.3) is 6.08 Å². The molecule has 1 heterocycles. The van der Waals surface area contributed by atoms with Crippen molar-refractivity contribution >= 4 is 17.7 Å². The second-order valence-electron chi connectivity index (χ2n) is 2.31. The molecule has 0 amide bonds. The predicted molar refractivity (Wildman–Crippen MR) is 44.3 cm³/mol. The third-order valence-electron chi connectivity index (χ3n) is 1.19. The molecule has 0 saturated carbocycles. The molecule has 0 unspecified atom stereocenters. The Bertz CT molecular complexity index is 319. The molecule has 0 bridgehead atoms. The van der Waals surface area contributed by atoms with Crippen molar-refractivity contribution in [2.45, 2.75) is 6.18 Å². The first-order valence-corrected chi connectivity index (χ1v) is 3.72. The van der Waals surface area contributed by atoms with Crippen molar-refractivity contribution in [1.29, 1.82) is 0 Å². The summed E-state index contributed by atoms with van der Waals surface area (Å²) in [4.78, 5) is 3.63. The molecule has 0 saturated heterocycles. The van der Waals surface area contributed by atoms with Gasteiger partial charge in [-0.25, -0.2) is 0 Å². The number of aromatic nitrogens is 1. The average Bonchev–Trinajstić information content (AvgIpc) is 2.00. The fourth-order valence-electron chi connectivity index (χ4n) is 0.710. The topological polar surface area (TPSA) is 12.9 Å². The number of nitrogens with zero attached hydrogens (tertiary/aromatic N) is 1. The number of pyridine rings is 1. The van der Waals surface area contributed by atoms with Gasteiger partial charge in [-0.2, -0.15) is 13.2 Å². The van der Waals surface area contributed by atoms with E-state index >= 15 is 0 Å². The van der Waals surface area contributed by atoms with Crippen molar-refractivity contribution in [3.63, 3.8) is 0 Å². The van der Waals surface area contributed by atoms with E-state index in [1.165, 1.54) is 18.5 Å². The van der Waals surface area contributed by atoms with Crippen LogP contribution >= 0.6 is 11.6 Å². The normalized spacial score (nSPS) is 12.3. The molecule has 0 fully saturated rings. The smallest absolute Gasteiger partial charge is 0.263 e. The monoisotopic (exact) mass is 207 g/mol. The minimum absolute atomic E-state index is 0.139. The number of alkyl halides is 3. The molecule has 0 spiro atoms. The minimum atomic E-state index is -4.30. The molecule has 1 rings (SSSR count). The Balaban J connectivity index is 2.80. The van der Waals surface area contributed by atoms with Crippen molar-refractivity contribution in [2.24, 2.45) is 0 Å². The number of rotatable bonds is 1. The van der Waals surface area contributed by atoms with E-state index in [1.54, 1.807) is 0 Å². The SMILES string of the molecule is FC(F)(F)/C=C/c1cncc(Cl)c1. The van der Waals surface area contributed by atoms with Gasteiger partial charge >= 0.3 is 6.18 Å². The van der Waals surface area contributed by atoms with E-state index in [2.05, 4.69) is 4.98 Å². The van der Waals surface area contributed by atoms with Gasteiger partial charge in [-0.3, -0.25) is 4.98 Å². The fraction of sp³-hybridized carbons (Fsp3) is 0.125. The Morgan fingerprint density at radius 2 is 2.00 bits per heavy atom. The zero-order valence-electron chi connectivity index (χ0n) is 6.35. The van der Waals surface area contributed by atoms with E-state index in [9.17, 15) is 13.2 Å². The maximum absolute atomic E-state index is 11.7. The Morgan fingerprint density at radius 3 is 2.54 bits per heavy atom. The molecule has 1 nitrogen and oxygen atoms in total. The van der Waals surface area contributed by atoms with Crippen LogP contribution in [0.2, 0.25) is 5.02 Å². The van der Waals surface area contributed by atoms with Crippen molar-refractivity contribution < 1.29 is 13.2 Å². The minimum Gasteiger partial charge on any atom is -0.263 e. The van der Waals surface area contributed by atoms with E-state index in [0.717, 1.165) is 6.08 Å². The molecule has 1 aromatic rings. The van der Waals surface area contributed by atoms with Gasteiger partial charge in [0.1, 0.15) is 0 Å². The lowest BCUT2D eigenvalue weighted by molar-refractivity contribution is -0.0790. The summed E-state index contributed by atoms with van der Waals surface area (Å²) in [6.07, 6.45) is -0.595. The van der Waals surface area contributed by atoms with Gasteiger partial charge in [0.05, 0.1) is 5.02 Å². The Morgan fingerprint density at radius 1 is 1.31 bits per heavy atom. The van der Waals surface area contributed by atoms with Crippen molar-refractivity contribution in [1.82, 2.24) is 4.98 Å². The van der Waals surface area contributed by atoms with E-state index in [0.29, 0.717) is 10.6 Å². The summed E-state index contributed by atoms with van der Waals surface area (Å²) < 4.78 is 35.1. The molecule has 5 heteroatoms. The van der Waals surface area contributed by atoms with E-state index < -0.39 is 6.18 Å². The Labute approximate surface area is 77.9 Å². The predicted octanol–water partition coefficient (Wildman–Crippen LogP) is 3.31. The summed E-state index contributed by atoms with van der Waals surface area (Å²) >= 11 is 5.52. The Hall–Kier alpha value is -1.03. The highest BCUT2D eigenvalue weighted by molar-refractivity contribution is 6.30. The van der Waals surface area contributed by atoms with Crippen molar-refractivity contribution in [2.75, 3.05) is 0 Å². The van der Waals surface area contributed by atoms with Crippen molar-refractivity contribution in [3.8, 4) is 0 Å². The van der Waals surface area contributed by atoms with E-state index in [4.69, 9.17) is 11.6 Å².